The molecule has 1 aliphatic heterocycles. The molecule has 1 saturated heterocycles. The Bertz CT molecular complexity index is 330. The Hall–Kier alpha value is -1.13. The molecule has 82 valence electrons. The first-order valence-corrected chi connectivity index (χ1v) is 5.09. The van der Waals surface area contributed by atoms with Gasteiger partial charge in [0.15, 0.2) is 0 Å². The van der Waals surface area contributed by atoms with Crippen molar-refractivity contribution < 1.29 is 9.47 Å². The van der Waals surface area contributed by atoms with Crippen molar-refractivity contribution in [3.8, 4) is 5.88 Å². The summed E-state index contributed by atoms with van der Waals surface area (Å²) in [6, 6.07) is 3.91. The SMILES string of the molecule is COc1cc([C@@H]2CN(C)CCO2)ccn1. The van der Waals surface area contributed by atoms with E-state index in [1.807, 2.05) is 12.1 Å². The minimum absolute atomic E-state index is 0.139. The van der Waals surface area contributed by atoms with Gasteiger partial charge in [0.25, 0.3) is 0 Å². The lowest BCUT2D eigenvalue weighted by Gasteiger charge is -2.30. The number of morpholine rings is 1. The number of nitrogens with zero attached hydrogens (tertiary/aromatic N) is 2. The minimum atomic E-state index is 0.139. The van der Waals surface area contributed by atoms with Crippen molar-refractivity contribution >= 4 is 0 Å². The molecule has 0 saturated carbocycles. The lowest BCUT2D eigenvalue weighted by Crippen LogP contribution is -2.35. The summed E-state index contributed by atoms with van der Waals surface area (Å²) in [4.78, 5) is 6.35. The molecule has 15 heavy (non-hydrogen) atoms. The molecule has 4 nitrogen and oxygen atoms in total. The fourth-order valence-electron chi connectivity index (χ4n) is 1.72. The number of ether oxygens (including phenoxy) is 2. The maximum absolute atomic E-state index is 5.71. The normalized spacial score (nSPS) is 22.7. The zero-order valence-corrected chi connectivity index (χ0v) is 9.14. The molecule has 1 atom stereocenters. The molecule has 0 aliphatic carbocycles. The van der Waals surface area contributed by atoms with Crippen LogP contribution in [0.15, 0.2) is 18.3 Å². The van der Waals surface area contributed by atoms with Crippen molar-refractivity contribution in [3.05, 3.63) is 23.9 Å². The highest BCUT2D eigenvalue weighted by Gasteiger charge is 2.19. The average molecular weight is 208 g/mol. The van der Waals surface area contributed by atoms with E-state index in [1.54, 1.807) is 13.3 Å². The second kappa shape index (κ2) is 4.59. The van der Waals surface area contributed by atoms with Crippen molar-refractivity contribution in [2.75, 3.05) is 33.9 Å². The van der Waals surface area contributed by atoms with Crippen LogP contribution in [0, 0.1) is 0 Å². The molecule has 4 heteroatoms. The Kier molecular flexibility index (Phi) is 3.18. The minimum Gasteiger partial charge on any atom is -0.481 e. The van der Waals surface area contributed by atoms with E-state index in [0.717, 1.165) is 25.3 Å². The molecule has 1 aromatic rings. The highest BCUT2D eigenvalue weighted by Crippen LogP contribution is 2.23. The van der Waals surface area contributed by atoms with Gasteiger partial charge in [-0.25, -0.2) is 4.98 Å². The number of hydrogen-bond acceptors (Lipinski definition) is 4. The first-order chi connectivity index (χ1) is 7.29. The fourth-order valence-corrected chi connectivity index (χ4v) is 1.72. The molecule has 0 bridgehead atoms. The van der Waals surface area contributed by atoms with Crippen LogP contribution >= 0.6 is 0 Å². The maximum Gasteiger partial charge on any atom is 0.213 e. The molecular weight excluding hydrogens is 192 g/mol. The van der Waals surface area contributed by atoms with E-state index in [0.29, 0.717) is 5.88 Å². The van der Waals surface area contributed by atoms with Crippen molar-refractivity contribution in [2.24, 2.45) is 0 Å². The first kappa shape index (κ1) is 10.4. The predicted molar refractivity (Wildman–Crippen MR) is 57.0 cm³/mol. The molecule has 0 aromatic carbocycles. The molecular formula is C11H16N2O2. The first-order valence-electron chi connectivity index (χ1n) is 5.09. The van der Waals surface area contributed by atoms with Gasteiger partial charge >= 0.3 is 0 Å². The van der Waals surface area contributed by atoms with E-state index in [1.165, 1.54) is 0 Å². The van der Waals surface area contributed by atoms with Crippen molar-refractivity contribution in [1.82, 2.24) is 9.88 Å². The second-order valence-electron chi connectivity index (χ2n) is 3.75. The molecule has 0 radical (unpaired) electrons. The molecule has 1 fully saturated rings. The Morgan fingerprint density at radius 2 is 2.47 bits per heavy atom. The summed E-state index contributed by atoms with van der Waals surface area (Å²) in [5.74, 6) is 0.643. The van der Waals surface area contributed by atoms with E-state index in [2.05, 4.69) is 16.9 Å². The number of hydrogen-bond donors (Lipinski definition) is 0. The van der Waals surface area contributed by atoms with Crippen LogP contribution in [0.5, 0.6) is 5.88 Å². The van der Waals surface area contributed by atoms with Crippen LogP contribution < -0.4 is 4.74 Å². The smallest absolute Gasteiger partial charge is 0.213 e. The molecule has 0 amide bonds. The highest BCUT2D eigenvalue weighted by molar-refractivity contribution is 5.23. The largest absolute Gasteiger partial charge is 0.481 e. The van der Waals surface area contributed by atoms with Gasteiger partial charge in [-0.3, -0.25) is 0 Å². The number of aromatic nitrogens is 1. The number of rotatable bonds is 2. The van der Waals surface area contributed by atoms with Crippen LogP contribution in [0.2, 0.25) is 0 Å². The molecule has 1 aliphatic rings. The third kappa shape index (κ3) is 2.46. The highest BCUT2D eigenvalue weighted by atomic mass is 16.5. The third-order valence-corrected chi connectivity index (χ3v) is 2.61. The summed E-state index contributed by atoms with van der Waals surface area (Å²) in [6.07, 6.45) is 1.90. The van der Waals surface area contributed by atoms with Crippen LogP contribution in [-0.2, 0) is 4.74 Å². The summed E-state index contributed by atoms with van der Waals surface area (Å²) in [6.45, 7) is 2.71. The summed E-state index contributed by atoms with van der Waals surface area (Å²) < 4.78 is 10.8. The summed E-state index contributed by atoms with van der Waals surface area (Å²) >= 11 is 0. The molecule has 0 unspecified atom stereocenters. The van der Waals surface area contributed by atoms with Gasteiger partial charge in [0.05, 0.1) is 19.8 Å². The molecule has 0 spiro atoms. The summed E-state index contributed by atoms with van der Waals surface area (Å²) in [5, 5.41) is 0. The Morgan fingerprint density at radius 1 is 1.60 bits per heavy atom. The molecule has 2 rings (SSSR count). The summed E-state index contributed by atoms with van der Waals surface area (Å²) in [5.41, 5.74) is 1.13. The maximum atomic E-state index is 5.71. The van der Waals surface area contributed by atoms with E-state index in [-0.39, 0.29) is 6.10 Å². The lowest BCUT2D eigenvalue weighted by molar-refractivity contribution is -0.0210. The van der Waals surface area contributed by atoms with Gasteiger partial charge in [0, 0.05) is 25.4 Å². The molecule has 1 aromatic heterocycles. The number of likely N-dealkylation sites (N-methyl/N-ethyl adjacent to an activating group) is 1. The van der Waals surface area contributed by atoms with Crippen LogP contribution in [0.3, 0.4) is 0 Å². The molecule has 2 heterocycles. The fraction of sp³-hybridized carbons (Fsp3) is 0.545. The van der Waals surface area contributed by atoms with Crippen LogP contribution in [0.4, 0.5) is 0 Å². The zero-order chi connectivity index (χ0) is 10.7. The predicted octanol–water partition coefficient (Wildman–Crippen LogP) is 1.09. The van der Waals surface area contributed by atoms with Gasteiger partial charge < -0.3 is 14.4 Å². The van der Waals surface area contributed by atoms with Gasteiger partial charge in [-0.05, 0) is 18.7 Å². The standard InChI is InChI=1S/C11H16N2O2/c1-13-5-6-15-10(8-13)9-3-4-12-11(7-9)14-2/h3-4,7,10H,5-6,8H2,1-2H3/t10-/m0/s1. The average Bonchev–Trinajstić information content (AvgIpc) is 2.29. The van der Waals surface area contributed by atoms with E-state index >= 15 is 0 Å². The van der Waals surface area contributed by atoms with Crippen molar-refractivity contribution in [2.45, 2.75) is 6.10 Å². The Balaban J connectivity index is 2.13. The topological polar surface area (TPSA) is 34.6 Å². The van der Waals surface area contributed by atoms with Gasteiger partial charge in [0.1, 0.15) is 0 Å². The van der Waals surface area contributed by atoms with Crippen molar-refractivity contribution in [1.29, 1.82) is 0 Å². The van der Waals surface area contributed by atoms with E-state index < -0.39 is 0 Å². The quantitative estimate of drug-likeness (QED) is 0.728. The lowest BCUT2D eigenvalue weighted by atomic mass is 10.1. The number of pyridine rings is 1. The van der Waals surface area contributed by atoms with Gasteiger partial charge in [-0.1, -0.05) is 0 Å². The monoisotopic (exact) mass is 208 g/mol. The van der Waals surface area contributed by atoms with Gasteiger partial charge in [-0.15, -0.1) is 0 Å². The third-order valence-electron chi connectivity index (χ3n) is 2.61. The second-order valence-corrected chi connectivity index (χ2v) is 3.75. The van der Waals surface area contributed by atoms with Crippen LogP contribution in [0.1, 0.15) is 11.7 Å². The van der Waals surface area contributed by atoms with Crippen molar-refractivity contribution in [3.63, 3.8) is 0 Å². The van der Waals surface area contributed by atoms with Gasteiger partial charge in [0.2, 0.25) is 5.88 Å². The van der Waals surface area contributed by atoms with Crippen LogP contribution in [0.25, 0.3) is 0 Å². The Morgan fingerprint density at radius 3 is 3.20 bits per heavy atom. The zero-order valence-electron chi connectivity index (χ0n) is 9.14. The summed E-state index contributed by atoms with van der Waals surface area (Å²) in [7, 11) is 3.73. The molecule has 0 N–H and O–H groups in total. The number of methoxy groups -OCH3 is 1. The van der Waals surface area contributed by atoms with E-state index in [9.17, 15) is 0 Å². The Labute approximate surface area is 89.8 Å². The van der Waals surface area contributed by atoms with Gasteiger partial charge in [-0.2, -0.15) is 0 Å². The van der Waals surface area contributed by atoms with E-state index in [4.69, 9.17) is 9.47 Å². The van der Waals surface area contributed by atoms with Crippen LogP contribution in [-0.4, -0.2) is 43.7 Å².